The van der Waals surface area contributed by atoms with E-state index in [0.717, 1.165) is 45.5 Å². The van der Waals surface area contributed by atoms with Gasteiger partial charge in [-0.25, -0.2) is 19.2 Å². The number of allylic oxidation sites excluding steroid dienone is 3. The van der Waals surface area contributed by atoms with Crippen LogP contribution in [0.25, 0.3) is 0 Å². The Bertz CT molecular complexity index is 5410. The molecule has 750 valence electrons. The van der Waals surface area contributed by atoms with E-state index in [9.17, 15) is 89.1 Å². The number of ether oxygens (including phenoxy) is 6. The summed E-state index contributed by atoms with van der Waals surface area (Å²) in [7, 11) is 4.74. The molecule has 4 aromatic heterocycles. The van der Waals surface area contributed by atoms with Crippen LogP contribution in [0, 0.1) is 4.77 Å². The standard InChI is InChI=1S/C20H34N3O5P.C19H32N3O5P.C19H32N3O4PS.C16H25N2O6P.C16H27N2O4P/c1-13(2)7-9-21-11-14-12-23(20(26)22-18(14)25)19-17(27-3)16(24)15(28-19)8-10-29(4,5)6;1-12(2)6-8-20-10-13-11-22(19(26)21-17(13)25)18-16(24)15(23)14(27-18)7-9-28(3,4)5;1-12(2)6-8-20-10-13-11-22(19(28)21-17(13)25)18-16(24)15(23)14(26-18)7-9-27(3,4)5;1-9(19)7-10-8-18(16(23)17-14(10)22)15-13(21)12(20)11(24-15)5-6-25(2,3)4;1-10-11(9-17(2)16(21)18(10)3)15-14(20)13(19)12(22-15)7-8-23(4,5)6/h7,12,15-17,19,21,24H,4,8-11H2,1-3,5-6H3,(H,22,25,26);6,11,14-16,18,20,23-24H,3,7-10H2,1-2,4-5H3,(H,21,25,26);6,11,14-16,18,20,23-24H,3,7-10H2,1-2,4-5H3,(H,21,25,28);8,11-13,15,20-21H,2,5-7H2,1,3-4H3,(H,17,22,23);9,12-15,19-20H,1,4,7-8H2,2-3,5-6H3/t15-,16-,17-,19-;2*14-,15-,16-,18-;11-,12-,13-,15-;12-,13-,14-,15+/m11111/s1. The van der Waals surface area contributed by atoms with Gasteiger partial charge in [-0.05, 0) is 190 Å². The lowest BCUT2D eigenvalue weighted by Gasteiger charge is -2.34. The molecule has 2 amide bonds. The summed E-state index contributed by atoms with van der Waals surface area (Å²) in [6.45, 7) is 34.6. The van der Waals surface area contributed by atoms with E-state index in [1.165, 1.54) is 62.7 Å². The van der Waals surface area contributed by atoms with Gasteiger partial charge >= 0.3 is 23.1 Å². The molecule has 0 bridgehead atoms. The Kier molecular flexibility index (Phi) is 43.7. The summed E-state index contributed by atoms with van der Waals surface area (Å²) >= 11 is 5.26. The minimum Gasteiger partial charge on any atom is -0.388 e. The highest BCUT2D eigenvalue weighted by Crippen LogP contribution is 2.45. The van der Waals surface area contributed by atoms with Gasteiger partial charge < -0.3 is 95.2 Å². The largest absolute Gasteiger partial charge is 0.388 e. The molecule has 0 radical (unpaired) electrons. The van der Waals surface area contributed by atoms with Crippen molar-refractivity contribution in [2.75, 3.05) is 138 Å². The molecule has 43 heteroatoms. The number of aromatic nitrogens is 8. The molecule has 16 N–H and O–H groups in total. The molecule has 5 saturated heterocycles. The summed E-state index contributed by atoms with van der Waals surface area (Å²) in [6, 6.07) is -0.202. The average Bonchev–Trinajstić information content (AvgIpc) is 1.61. The highest BCUT2D eigenvalue weighted by molar-refractivity contribution is 7.73. The fraction of sp³-hybridized carbons (Fsp3) is 0.633. The quantitative estimate of drug-likeness (QED) is 0.0136. The van der Waals surface area contributed by atoms with Crippen LogP contribution in [0.4, 0.5) is 4.79 Å². The van der Waals surface area contributed by atoms with Crippen LogP contribution in [-0.4, -0.2) is 373 Å². The second-order valence-electron chi connectivity index (χ2n) is 39.1. The lowest BCUT2D eigenvalue weighted by molar-refractivity contribution is -0.116. The smallest absolute Gasteiger partial charge is 0.330 e. The number of H-pyrrole nitrogens is 4. The predicted molar refractivity (Wildman–Crippen MR) is 542 cm³/mol. The first kappa shape index (κ1) is 115. The number of rotatable bonds is 35. The lowest BCUT2D eigenvalue weighted by atomic mass is 9.98. The first-order chi connectivity index (χ1) is 61.5. The minimum absolute atomic E-state index is 0.102. The number of aliphatic hydroxyl groups excluding tert-OH is 9. The van der Waals surface area contributed by atoms with Crippen molar-refractivity contribution in [1.82, 2.24) is 64.0 Å². The molecule has 20 atom stereocenters. The molecule has 0 spiro atoms. The van der Waals surface area contributed by atoms with Gasteiger partial charge in [0.15, 0.2) is 29.7 Å². The van der Waals surface area contributed by atoms with Crippen LogP contribution in [0.15, 0.2) is 117 Å². The number of aromatic amines is 4. The third kappa shape index (κ3) is 34.8. The van der Waals surface area contributed by atoms with Crippen molar-refractivity contribution < 1.29 is 84.0 Å². The highest BCUT2D eigenvalue weighted by Gasteiger charge is 2.50. The van der Waals surface area contributed by atoms with Crippen molar-refractivity contribution in [2.24, 2.45) is 0 Å². The van der Waals surface area contributed by atoms with Crippen molar-refractivity contribution in [2.45, 2.75) is 229 Å². The molecule has 10 heterocycles. The normalized spacial score (nSPS) is 26.6. The number of ketones is 1. The molecular weight excluding hydrogens is 1830 g/mol. The number of likely N-dealkylation sites (N-methyl/N-ethyl adjacent to an activating group) is 1. The van der Waals surface area contributed by atoms with E-state index in [2.05, 4.69) is 141 Å². The molecule has 37 nitrogen and oxygen atoms in total. The third-order valence-electron chi connectivity index (χ3n) is 22.6. The maximum absolute atomic E-state index is 12.4. The van der Waals surface area contributed by atoms with E-state index in [0.29, 0.717) is 92.8 Å². The molecular formula is C90H150N13O24P5S. The number of hydrogen-bond acceptors (Lipinski definition) is 28. The summed E-state index contributed by atoms with van der Waals surface area (Å²) in [4.78, 5) is 120. The summed E-state index contributed by atoms with van der Waals surface area (Å²) in [6.07, 6.45) is 23.5. The van der Waals surface area contributed by atoms with E-state index in [4.69, 9.17) is 40.6 Å². The number of aliphatic hydroxyl groups is 9. The van der Waals surface area contributed by atoms with E-state index in [1.54, 1.807) is 26.5 Å². The van der Waals surface area contributed by atoms with Crippen molar-refractivity contribution in [1.29, 1.82) is 0 Å². The zero-order valence-corrected chi connectivity index (χ0v) is 86.2. The summed E-state index contributed by atoms with van der Waals surface area (Å²) in [5.74, 6) is -0.233. The van der Waals surface area contributed by atoms with Crippen LogP contribution in [0.3, 0.4) is 0 Å². The Morgan fingerprint density at radius 2 is 0.714 bits per heavy atom. The molecule has 0 saturated carbocycles. The van der Waals surface area contributed by atoms with Gasteiger partial charge in [0.2, 0.25) is 0 Å². The number of urea groups is 1. The topological polar surface area (TPSA) is 517 Å². The maximum atomic E-state index is 12.4. The van der Waals surface area contributed by atoms with Crippen LogP contribution in [0.1, 0.15) is 128 Å². The fourth-order valence-electron chi connectivity index (χ4n) is 14.9. The first-order valence-electron chi connectivity index (χ1n) is 44.1. The minimum atomic E-state index is -1.32. The number of Topliss-reactive ketones (excluding diaryl/α,β-unsaturated/α-hetero) is 1. The monoisotopic (exact) mass is 1980 g/mol. The van der Waals surface area contributed by atoms with Gasteiger partial charge in [0.25, 0.3) is 22.2 Å². The van der Waals surface area contributed by atoms with Crippen molar-refractivity contribution in [3.63, 3.8) is 0 Å². The molecule has 10 rings (SSSR count). The molecule has 0 unspecified atom stereocenters. The Morgan fingerprint density at radius 3 is 1.05 bits per heavy atom. The van der Waals surface area contributed by atoms with Crippen LogP contribution < -0.4 is 55.3 Å². The van der Waals surface area contributed by atoms with Crippen molar-refractivity contribution >= 4 is 90.0 Å². The van der Waals surface area contributed by atoms with E-state index in [1.807, 2.05) is 59.8 Å². The Labute approximate surface area is 784 Å². The molecule has 6 aliphatic rings. The summed E-state index contributed by atoms with van der Waals surface area (Å²) in [5.41, 5.74) is 2.07. The zero-order valence-electron chi connectivity index (χ0n) is 80.9. The molecule has 133 heavy (non-hydrogen) atoms. The molecule has 4 aromatic rings. The van der Waals surface area contributed by atoms with Crippen LogP contribution in [0.2, 0.25) is 0 Å². The number of nitrogens with one attached hydrogen (secondary N) is 7. The van der Waals surface area contributed by atoms with Gasteiger partial charge in [0.05, 0.1) is 30.5 Å². The lowest BCUT2D eigenvalue weighted by Crippen LogP contribution is -2.43. The number of hydrogen-bond donors (Lipinski definition) is 16. The number of nitrogens with zero attached hydrogens (tertiary/aromatic N) is 6. The van der Waals surface area contributed by atoms with Gasteiger partial charge in [-0.3, -0.25) is 67.1 Å². The van der Waals surface area contributed by atoms with Crippen molar-refractivity contribution in [3.05, 3.63) is 184 Å². The van der Waals surface area contributed by atoms with Crippen molar-refractivity contribution in [3.8, 4) is 0 Å². The SMILES string of the molecule is C=C1C([C@@H]2O[C@H](CCP(=C)(C)C)[C@@H](O)[C@H]2O)=CN(C)C(=O)N1C.C=P(C)(C)CC[C@H]1O[C@@H](n2cc(CC(C)=O)c(=O)[nH]c2=O)[C@H](O)[C@@H]1O.C=P(C)(C)CC[C@H]1O[C@@H](n2cc(CNCC=C(C)C)c(=O)[nH]c2=O)[C@H](O)[C@@H]1O.C=P(C)(C)CC[C@H]1O[C@@H](n2cc(CNCC=C(C)C)c(=O)[nH]c2=O)[C@H](OC)[C@@H]1O.C=P(C)(C)CC[C@H]1O[C@@H](n2cc(CNCC=C(C)C)c(=O)[nH]c2=S)[C@H](O)[C@@H]1O. The van der Waals surface area contributed by atoms with Crippen LogP contribution in [-0.2, 0) is 59.3 Å². The van der Waals surface area contributed by atoms with Gasteiger partial charge in [0.1, 0.15) is 72.9 Å². The summed E-state index contributed by atoms with van der Waals surface area (Å²) in [5, 5.41) is 103. The van der Waals surface area contributed by atoms with E-state index in [-0.39, 0.29) is 40.7 Å². The molecule has 6 aliphatic heterocycles. The second-order valence-corrected chi connectivity index (χ2v) is 61.1. The highest BCUT2D eigenvalue weighted by atomic mass is 32.1. The van der Waals surface area contributed by atoms with Gasteiger partial charge in [-0.2, -0.15) is 0 Å². The maximum Gasteiger partial charge on any atom is 0.330 e. The third-order valence-corrected chi connectivity index (χ3v) is 30.3. The summed E-state index contributed by atoms with van der Waals surface area (Å²) < 4.78 is 40.0. The van der Waals surface area contributed by atoms with E-state index >= 15 is 0 Å². The van der Waals surface area contributed by atoms with Gasteiger partial charge in [0, 0.05) is 131 Å². The molecule has 5 fully saturated rings. The second kappa shape index (κ2) is 50.4. The van der Waals surface area contributed by atoms with Gasteiger partial charge in [-0.1, -0.05) is 41.5 Å². The number of amides is 2. The Hall–Kier alpha value is -6.44. The zero-order chi connectivity index (χ0) is 100. The predicted octanol–water partition coefficient (Wildman–Crippen LogP) is 3.31. The number of methoxy groups -OCH3 is 1. The Balaban J connectivity index is 0.000000256. The van der Waals surface area contributed by atoms with E-state index < -0.39 is 191 Å². The van der Waals surface area contributed by atoms with Gasteiger partial charge in [-0.15, -0.1) is 65.9 Å². The average molecular weight is 1990 g/mol. The molecule has 0 aromatic carbocycles. The number of carbonyl (C=O) groups is 2. The van der Waals surface area contributed by atoms with Crippen LogP contribution in [0.5, 0.6) is 0 Å². The van der Waals surface area contributed by atoms with Crippen LogP contribution >= 0.6 is 46.6 Å². The number of carbonyl (C=O) groups excluding carboxylic acids is 2. The molecule has 0 aliphatic carbocycles. The fourth-order valence-corrected chi connectivity index (χ4v) is 19.9. The first-order valence-corrected chi connectivity index (χ1v) is 59.8. The Morgan fingerprint density at radius 1 is 0.429 bits per heavy atom.